The molecule has 0 aliphatic heterocycles. The first kappa shape index (κ1) is 13.6. The van der Waals surface area contributed by atoms with E-state index in [-0.39, 0.29) is 0 Å². The van der Waals surface area contributed by atoms with Gasteiger partial charge >= 0.3 is 0 Å². The van der Waals surface area contributed by atoms with E-state index in [0.717, 1.165) is 6.54 Å². The van der Waals surface area contributed by atoms with Crippen LogP contribution in [-0.2, 0) is 13.6 Å². The van der Waals surface area contributed by atoms with Gasteiger partial charge in [0.2, 0.25) is 0 Å². The second kappa shape index (κ2) is 4.69. The minimum Gasteiger partial charge on any atom is -0.308 e. The Bertz CT molecular complexity index is 388. The molecule has 0 saturated heterocycles. The molecule has 0 spiro atoms. The Morgan fingerprint density at radius 2 is 1.89 bits per heavy atom. The zero-order chi connectivity index (χ0) is 13.4. The minimum atomic E-state index is 0.450. The minimum absolute atomic E-state index is 0.450. The molecule has 3 nitrogen and oxygen atoms in total. The maximum absolute atomic E-state index is 4.21. The fourth-order valence-electron chi connectivity index (χ4n) is 3.81. The van der Waals surface area contributed by atoms with Crippen LogP contribution in [0.15, 0.2) is 12.3 Å². The number of nitrogens with zero attached hydrogens (tertiary/aromatic N) is 2. The number of nitrogens with one attached hydrogen (secondary N) is 1. The molecule has 2 rings (SSSR count). The SMILES string of the molecule is Cn1nccc1CNC1CC(C)(C)CC(C)(C)C1. The summed E-state index contributed by atoms with van der Waals surface area (Å²) in [5, 5.41) is 7.93. The third-order valence-corrected chi connectivity index (χ3v) is 4.05. The summed E-state index contributed by atoms with van der Waals surface area (Å²) in [7, 11) is 2.01. The topological polar surface area (TPSA) is 29.9 Å². The van der Waals surface area contributed by atoms with Crippen LogP contribution in [0.1, 0.15) is 52.7 Å². The normalized spacial score (nSPS) is 23.2. The molecule has 1 aliphatic carbocycles. The molecule has 1 heterocycles. The lowest BCUT2D eigenvalue weighted by atomic mass is 9.63. The molecule has 1 aliphatic rings. The molecular formula is C15H27N3. The number of aryl methyl sites for hydroxylation is 1. The number of aromatic nitrogens is 2. The van der Waals surface area contributed by atoms with Crippen LogP contribution in [0, 0.1) is 10.8 Å². The van der Waals surface area contributed by atoms with E-state index in [1.54, 1.807) is 0 Å². The lowest BCUT2D eigenvalue weighted by Gasteiger charge is -2.45. The van der Waals surface area contributed by atoms with E-state index in [4.69, 9.17) is 0 Å². The standard InChI is InChI=1S/C15H27N3/c1-14(2)8-12(9-15(3,4)11-14)16-10-13-6-7-17-18(13)5/h6-7,12,16H,8-11H2,1-5H3. The van der Waals surface area contributed by atoms with E-state index in [1.807, 2.05) is 17.9 Å². The third-order valence-electron chi connectivity index (χ3n) is 4.05. The highest BCUT2D eigenvalue weighted by Gasteiger charge is 2.38. The average Bonchev–Trinajstić information content (AvgIpc) is 2.56. The maximum Gasteiger partial charge on any atom is 0.0518 e. The Morgan fingerprint density at radius 1 is 1.28 bits per heavy atom. The molecule has 1 N–H and O–H groups in total. The lowest BCUT2D eigenvalue weighted by molar-refractivity contribution is 0.0842. The Hall–Kier alpha value is -0.830. The van der Waals surface area contributed by atoms with E-state index in [2.05, 4.69) is 44.2 Å². The van der Waals surface area contributed by atoms with E-state index >= 15 is 0 Å². The van der Waals surface area contributed by atoms with Gasteiger partial charge in [-0.2, -0.15) is 5.10 Å². The van der Waals surface area contributed by atoms with Crippen molar-refractivity contribution in [3.05, 3.63) is 18.0 Å². The van der Waals surface area contributed by atoms with Crippen molar-refractivity contribution in [3.63, 3.8) is 0 Å². The molecular weight excluding hydrogens is 222 g/mol. The van der Waals surface area contributed by atoms with Gasteiger partial charge in [0.15, 0.2) is 0 Å². The molecule has 1 fully saturated rings. The summed E-state index contributed by atoms with van der Waals surface area (Å²) in [6.45, 7) is 10.5. The first-order valence-electron chi connectivity index (χ1n) is 6.98. The molecule has 0 amide bonds. The van der Waals surface area contributed by atoms with Crippen LogP contribution in [0.2, 0.25) is 0 Å². The molecule has 1 aromatic rings. The largest absolute Gasteiger partial charge is 0.308 e. The predicted octanol–water partition coefficient (Wildman–Crippen LogP) is 3.11. The molecule has 102 valence electrons. The van der Waals surface area contributed by atoms with Crippen LogP contribution >= 0.6 is 0 Å². The van der Waals surface area contributed by atoms with Crippen LogP contribution in [0.5, 0.6) is 0 Å². The van der Waals surface area contributed by atoms with Crippen LogP contribution in [0.25, 0.3) is 0 Å². The molecule has 0 unspecified atom stereocenters. The van der Waals surface area contributed by atoms with Crippen molar-refractivity contribution in [2.45, 2.75) is 59.5 Å². The lowest BCUT2D eigenvalue weighted by Crippen LogP contribution is -2.43. The van der Waals surface area contributed by atoms with Crippen molar-refractivity contribution in [1.29, 1.82) is 0 Å². The zero-order valence-corrected chi connectivity index (χ0v) is 12.5. The van der Waals surface area contributed by atoms with Crippen molar-refractivity contribution in [2.24, 2.45) is 17.9 Å². The van der Waals surface area contributed by atoms with Crippen molar-refractivity contribution >= 4 is 0 Å². The summed E-state index contributed by atoms with van der Waals surface area (Å²) in [6.07, 6.45) is 5.73. The van der Waals surface area contributed by atoms with E-state index in [1.165, 1.54) is 25.0 Å². The van der Waals surface area contributed by atoms with E-state index in [0.29, 0.717) is 16.9 Å². The van der Waals surface area contributed by atoms with Crippen molar-refractivity contribution < 1.29 is 0 Å². The first-order chi connectivity index (χ1) is 8.27. The summed E-state index contributed by atoms with van der Waals surface area (Å²) in [5.74, 6) is 0. The summed E-state index contributed by atoms with van der Waals surface area (Å²) >= 11 is 0. The van der Waals surface area contributed by atoms with Gasteiger partial charge < -0.3 is 5.32 Å². The fraction of sp³-hybridized carbons (Fsp3) is 0.800. The van der Waals surface area contributed by atoms with E-state index < -0.39 is 0 Å². The van der Waals surface area contributed by atoms with Gasteiger partial charge in [-0.1, -0.05) is 27.7 Å². The fourth-order valence-corrected chi connectivity index (χ4v) is 3.81. The molecule has 0 bridgehead atoms. The monoisotopic (exact) mass is 249 g/mol. The molecule has 1 saturated carbocycles. The van der Waals surface area contributed by atoms with Gasteiger partial charge in [0.1, 0.15) is 0 Å². The van der Waals surface area contributed by atoms with Crippen molar-refractivity contribution in [1.82, 2.24) is 15.1 Å². The van der Waals surface area contributed by atoms with Gasteiger partial charge in [-0.15, -0.1) is 0 Å². The molecule has 0 atom stereocenters. The predicted molar refractivity (Wildman–Crippen MR) is 75.2 cm³/mol. The first-order valence-corrected chi connectivity index (χ1v) is 6.98. The maximum atomic E-state index is 4.21. The second-order valence-electron chi connectivity index (χ2n) is 7.44. The average molecular weight is 249 g/mol. The summed E-state index contributed by atoms with van der Waals surface area (Å²) in [5.41, 5.74) is 2.16. The van der Waals surface area contributed by atoms with Crippen molar-refractivity contribution in [3.8, 4) is 0 Å². The summed E-state index contributed by atoms with van der Waals surface area (Å²) in [6, 6.07) is 2.71. The quantitative estimate of drug-likeness (QED) is 0.892. The number of hydrogen-bond donors (Lipinski definition) is 1. The molecule has 1 aromatic heterocycles. The summed E-state index contributed by atoms with van der Waals surface area (Å²) in [4.78, 5) is 0. The van der Waals surface area contributed by atoms with Crippen LogP contribution in [0.3, 0.4) is 0 Å². The van der Waals surface area contributed by atoms with Crippen LogP contribution < -0.4 is 5.32 Å². The highest BCUT2D eigenvalue weighted by Crippen LogP contribution is 2.45. The highest BCUT2D eigenvalue weighted by molar-refractivity contribution is 5.00. The summed E-state index contributed by atoms with van der Waals surface area (Å²) < 4.78 is 1.95. The Balaban J connectivity index is 1.95. The molecule has 0 radical (unpaired) electrons. The van der Waals surface area contributed by atoms with E-state index in [9.17, 15) is 0 Å². The Labute approximate surface area is 111 Å². The van der Waals surface area contributed by atoms with Crippen LogP contribution in [-0.4, -0.2) is 15.8 Å². The van der Waals surface area contributed by atoms with Crippen molar-refractivity contribution in [2.75, 3.05) is 0 Å². The van der Waals surface area contributed by atoms with Gasteiger partial charge in [-0.05, 0) is 36.2 Å². The van der Waals surface area contributed by atoms with Gasteiger partial charge in [0, 0.05) is 25.8 Å². The smallest absolute Gasteiger partial charge is 0.0518 e. The zero-order valence-electron chi connectivity index (χ0n) is 12.5. The molecule has 3 heteroatoms. The second-order valence-corrected chi connectivity index (χ2v) is 7.44. The number of hydrogen-bond acceptors (Lipinski definition) is 2. The molecule has 18 heavy (non-hydrogen) atoms. The van der Waals surface area contributed by atoms with Gasteiger partial charge in [0.25, 0.3) is 0 Å². The third kappa shape index (κ3) is 3.35. The number of rotatable bonds is 3. The molecule has 0 aromatic carbocycles. The Morgan fingerprint density at radius 3 is 2.39 bits per heavy atom. The highest BCUT2D eigenvalue weighted by atomic mass is 15.3. The van der Waals surface area contributed by atoms with Gasteiger partial charge in [0.05, 0.1) is 5.69 Å². The Kier molecular flexibility index (Phi) is 3.54. The van der Waals surface area contributed by atoms with Crippen LogP contribution in [0.4, 0.5) is 0 Å². The van der Waals surface area contributed by atoms with Gasteiger partial charge in [-0.3, -0.25) is 4.68 Å². The van der Waals surface area contributed by atoms with Gasteiger partial charge in [-0.25, -0.2) is 0 Å².